The molecule has 0 radical (unpaired) electrons. The molecule has 6 heteroatoms. The van der Waals surface area contributed by atoms with E-state index in [1.807, 2.05) is 6.92 Å². The number of sulfonamides is 1. The van der Waals surface area contributed by atoms with Crippen LogP contribution in [0.2, 0.25) is 0 Å². The van der Waals surface area contributed by atoms with Crippen LogP contribution in [-0.2, 0) is 15.8 Å². The molecule has 0 fully saturated rings. The van der Waals surface area contributed by atoms with Crippen LogP contribution in [0.25, 0.3) is 0 Å². The zero-order valence-corrected chi connectivity index (χ0v) is 12.2. The van der Waals surface area contributed by atoms with Crippen molar-refractivity contribution in [1.82, 2.24) is 4.72 Å². The molecular formula is C13H22N2O3S. The van der Waals surface area contributed by atoms with Gasteiger partial charge in [-0.3, -0.25) is 0 Å². The lowest BCUT2D eigenvalue weighted by molar-refractivity contribution is 0.0554. The smallest absolute Gasteiger partial charge is 0.215 e. The minimum atomic E-state index is -3.47. The highest BCUT2D eigenvalue weighted by atomic mass is 32.2. The van der Waals surface area contributed by atoms with Crippen LogP contribution in [0, 0.1) is 0 Å². The molecule has 0 heterocycles. The number of nitrogens with two attached hydrogens (primary N) is 1. The van der Waals surface area contributed by atoms with Crippen molar-refractivity contribution in [2.75, 3.05) is 12.3 Å². The van der Waals surface area contributed by atoms with E-state index >= 15 is 0 Å². The van der Waals surface area contributed by atoms with Crippen molar-refractivity contribution in [3.63, 3.8) is 0 Å². The van der Waals surface area contributed by atoms with E-state index in [9.17, 15) is 13.5 Å². The Kier molecular flexibility index (Phi) is 5.34. The van der Waals surface area contributed by atoms with Gasteiger partial charge in [0.1, 0.15) is 0 Å². The van der Waals surface area contributed by atoms with Gasteiger partial charge in [0.05, 0.1) is 11.4 Å². The number of hydrogen-bond donors (Lipinski definition) is 3. The first kappa shape index (κ1) is 15.9. The lowest BCUT2D eigenvalue weighted by Crippen LogP contribution is -2.40. The maximum atomic E-state index is 11.9. The van der Waals surface area contributed by atoms with Crippen molar-refractivity contribution < 1.29 is 13.5 Å². The molecule has 5 nitrogen and oxygen atoms in total. The van der Waals surface area contributed by atoms with E-state index in [0.717, 1.165) is 6.42 Å². The zero-order valence-electron chi connectivity index (χ0n) is 11.4. The number of anilines is 1. The Labute approximate surface area is 114 Å². The quantitative estimate of drug-likeness (QED) is 0.657. The molecule has 4 N–H and O–H groups in total. The molecule has 1 atom stereocenters. The summed E-state index contributed by atoms with van der Waals surface area (Å²) in [7, 11) is -3.47. The first-order chi connectivity index (χ1) is 8.74. The first-order valence-electron chi connectivity index (χ1n) is 6.28. The SMILES string of the molecule is CCCC(C)(O)CNS(=O)(=O)Cc1cccc(N)c1. The summed E-state index contributed by atoms with van der Waals surface area (Å²) in [6.45, 7) is 3.58. The Hall–Kier alpha value is -1.11. The van der Waals surface area contributed by atoms with Gasteiger partial charge in [0.15, 0.2) is 0 Å². The van der Waals surface area contributed by atoms with Crippen LogP contribution in [0.4, 0.5) is 5.69 Å². The van der Waals surface area contributed by atoms with E-state index in [4.69, 9.17) is 5.73 Å². The third kappa shape index (κ3) is 6.04. The molecule has 0 bridgehead atoms. The number of hydrogen-bond acceptors (Lipinski definition) is 4. The number of nitrogen functional groups attached to an aromatic ring is 1. The fourth-order valence-electron chi connectivity index (χ4n) is 1.85. The maximum Gasteiger partial charge on any atom is 0.215 e. The largest absolute Gasteiger partial charge is 0.399 e. The van der Waals surface area contributed by atoms with Gasteiger partial charge in [-0.05, 0) is 31.0 Å². The molecule has 0 aliphatic rings. The van der Waals surface area contributed by atoms with Crippen molar-refractivity contribution in [3.8, 4) is 0 Å². The van der Waals surface area contributed by atoms with E-state index in [1.54, 1.807) is 31.2 Å². The summed E-state index contributed by atoms with van der Waals surface area (Å²) in [5.41, 5.74) is 5.75. The van der Waals surface area contributed by atoms with Gasteiger partial charge in [0.2, 0.25) is 10.0 Å². The summed E-state index contributed by atoms with van der Waals surface area (Å²) in [5, 5.41) is 9.94. The van der Waals surface area contributed by atoms with Crippen molar-refractivity contribution in [1.29, 1.82) is 0 Å². The third-order valence-corrected chi connectivity index (χ3v) is 4.07. The van der Waals surface area contributed by atoms with E-state index < -0.39 is 15.6 Å². The summed E-state index contributed by atoms with van der Waals surface area (Å²) < 4.78 is 26.2. The van der Waals surface area contributed by atoms with Crippen LogP contribution >= 0.6 is 0 Å². The van der Waals surface area contributed by atoms with Gasteiger partial charge in [-0.25, -0.2) is 13.1 Å². The minimum Gasteiger partial charge on any atom is -0.399 e. The van der Waals surface area contributed by atoms with Gasteiger partial charge in [0, 0.05) is 12.2 Å². The Balaban J connectivity index is 2.62. The molecule has 19 heavy (non-hydrogen) atoms. The molecule has 0 saturated heterocycles. The number of rotatable bonds is 7. The highest BCUT2D eigenvalue weighted by Gasteiger charge is 2.22. The molecule has 0 saturated carbocycles. The second kappa shape index (κ2) is 6.36. The summed E-state index contributed by atoms with van der Waals surface area (Å²) in [4.78, 5) is 0. The predicted molar refractivity (Wildman–Crippen MR) is 77.0 cm³/mol. The van der Waals surface area contributed by atoms with Crippen LogP contribution in [0.3, 0.4) is 0 Å². The number of nitrogens with one attached hydrogen (secondary N) is 1. The van der Waals surface area contributed by atoms with Crippen LogP contribution in [0.1, 0.15) is 32.3 Å². The van der Waals surface area contributed by atoms with Crippen molar-refractivity contribution >= 4 is 15.7 Å². The lowest BCUT2D eigenvalue weighted by Gasteiger charge is -2.22. The highest BCUT2D eigenvalue weighted by Crippen LogP contribution is 2.13. The third-order valence-electron chi connectivity index (χ3n) is 2.77. The van der Waals surface area contributed by atoms with E-state index in [1.165, 1.54) is 0 Å². The van der Waals surface area contributed by atoms with Gasteiger partial charge in [-0.1, -0.05) is 25.5 Å². The summed E-state index contributed by atoms with van der Waals surface area (Å²) in [6.07, 6.45) is 1.34. The van der Waals surface area contributed by atoms with Gasteiger partial charge >= 0.3 is 0 Å². The van der Waals surface area contributed by atoms with Crippen LogP contribution in [0.15, 0.2) is 24.3 Å². The van der Waals surface area contributed by atoms with E-state index in [-0.39, 0.29) is 12.3 Å². The monoisotopic (exact) mass is 286 g/mol. The second-order valence-corrected chi connectivity index (χ2v) is 6.88. The predicted octanol–water partition coefficient (Wildman–Crippen LogP) is 1.24. The Morgan fingerprint density at radius 3 is 2.68 bits per heavy atom. The molecule has 0 aliphatic carbocycles. The maximum absolute atomic E-state index is 11.9. The molecule has 1 aromatic rings. The first-order valence-corrected chi connectivity index (χ1v) is 7.93. The van der Waals surface area contributed by atoms with Crippen LogP contribution in [-0.4, -0.2) is 25.7 Å². The summed E-state index contributed by atoms with van der Waals surface area (Å²) >= 11 is 0. The van der Waals surface area contributed by atoms with Crippen molar-refractivity contribution in [2.24, 2.45) is 0 Å². The summed E-state index contributed by atoms with van der Waals surface area (Å²) in [5.74, 6) is -0.139. The van der Waals surface area contributed by atoms with E-state index in [2.05, 4.69) is 4.72 Å². The average Bonchev–Trinajstić information content (AvgIpc) is 2.26. The molecule has 1 unspecified atom stereocenters. The number of benzene rings is 1. The second-order valence-electron chi connectivity index (χ2n) is 5.07. The minimum absolute atomic E-state index is 0.0193. The average molecular weight is 286 g/mol. The van der Waals surface area contributed by atoms with Crippen molar-refractivity contribution in [3.05, 3.63) is 29.8 Å². The van der Waals surface area contributed by atoms with E-state index in [0.29, 0.717) is 17.7 Å². The van der Waals surface area contributed by atoms with Gasteiger partial charge in [-0.2, -0.15) is 0 Å². The molecule has 0 aliphatic heterocycles. The fourth-order valence-corrected chi connectivity index (χ4v) is 3.10. The van der Waals surface area contributed by atoms with Crippen molar-refractivity contribution in [2.45, 2.75) is 38.0 Å². The van der Waals surface area contributed by atoms with Gasteiger partial charge < -0.3 is 10.8 Å². The Morgan fingerprint density at radius 2 is 2.11 bits per heavy atom. The van der Waals surface area contributed by atoms with Crippen LogP contribution < -0.4 is 10.5 Å². The van der Waals surface area contributed by atoms with Gasteiger partial charge in [-0.15, -0.1) is 0 Å². The molecule has 1 aromatic carbocycles. The topological polar surface area (TPSA) is 92.4 Å². The standard InChI is InChI=1S/C13H22N2O3S/c1-3-7-13(2,16)10-15-19(17,18)9-11-5-4-6-12(14)8-11/h4-6,8,15-16H,3,7,9-10,14H2,1-2H3. The Morgan fingerprint density at radius 1 is 1.42 bits per heavy atom. The normalized spacial score (nSPS) is 15.1. The highest BCUT2D eigenvalue weighted by molar-refractivity contribution is 7.88. The number of aliphatic hydroxyl groups is 1. The molecule has 0 spiro atoms. The molecular weight excluding hydrogens is 264 g/mol. The molecule has 108 valence electrons. The fraction of sp³-hybridized carbons (Fsp3) is 0.538. The molecule has 0 amide bonds. The lowest BCUT2D eigenvalue weighted by atomic mass is 10.0. The molecule has 1 rings (SSSR count). The van der Waals surface area contributed by atoms with Gasteiger partial charge in [0.25, 0.3) is 0 Å². The molecule has 0 aromatic heterocycles. The zero-order chi connectivity index (χ0) is 14.5. The van der Waals surface area contributed by atoms with Crippen LogP contribution in [0.5, 0.6) is 0 Å². The Bertz CT molecular complexity index is 512. The summed E-state index contributed by atoms with van der Waals surface area (Å²) in [6, 6.07) is 6.76.